The predicted molar refractivity (Wildman–Crippen MR) is 76.7 cm³/mol. The van der Waals surface area contributed by atoms with Crippen molar-refractivity contribution in [3.8, 4) is 0 Å². The maximum Gasteiger partial charge on any atom is 0.310 e. The summed E-state index contributed by atoms with van der Waals surface area (Å²) in [5, 5.41) is 19.1. The number of aliphatic hydroxyl groups excluding tert-OH is 1. The van der Waals surface area contributed by atoms with E-state index in [2.05, 4.69) is 0 Å². The summed E-state index contributed by atoms with van der Waals surface area (Å²) >= 11 is 5.94. The largest absolute Gasteiger partial charge is 0.481 e. The highest BCUT2D eigenvalue weighted by Gasteiger charge is 2.38. The molecule has 1 heterocycles. The summed E-state index contributed by atoms with van der Waals surface area (Å²) in [7, 11) is -3.83. The summed E-state index contributed by atoms with van der Waals surface area (Å²) in [6, 6.07) is 4.57. The molecule has 6 nitrogen and oxygen atoms in total. The fraction of sp³-hybridized carbons (Fsp3) is 0.462. The lowest BCUT2D eigenvalue weighted by Gasteiger charge is -2.33. The molecule has 2 rings (SSSR count). The van der Waals surface area contributed by atoms with Crippen LogP contribution in [0.2, 0.25) is 5.02 Å². The maximum atomic E-state index is 12.6. The summed E-state index contributed by atoms with van der Waals surface area (Å²) < 4.78 is 26.4. The van der Waals surface area contributed by atoms with Gasteiger partial charge in [-0.05, 0) is 31.0 Å². The van der Waals surface area contributed by atoms with E-state index < -0.39 is 28.0 Å². The van der Waals surface area contributed by atoms with Gasteiger partial charge in [-0.25, -0.2) is 8.42 Å². The molecule has 1 aromatic carbocycles. The van der Waals surface area contributed by atoms with Crippen LogP contribution in [0.4, 0.5) is 0 Å². The molecule has 2 atom stereocenters. The SMILES string of the molecule is Cc1c(Cl)cccc1S(=O)(=O)N1CC[C@H](O)[C@@H](C(=O)O)C1. The summed E-state index contributed by atoms with van der Waals surface area (Å²) in [5.74, 6) is -2.32. The normalized spacial score (nSPS) is 24.0. The molecule has 0 aliphatic carbocycles. The van der Waals surface area contributed by atoms with Crippen molar-refractivity contribution < 1.29 is 23.4 Å². The van der Waals surface area contributed by atoms with Gasteiger partial charge in [0.15, 0.2) is 0 Å². The van der Waals surface area contributed by atoms with Gasteiger partial charge in [0.1, 0.15) is 0 Å². The van der Waals surface area contributed by atoms with E-state index in [1.54, 1.807) is 13.0 Å². The molecule has 116 valence electrons. The van der Waals surface area contributed by atoms with Gasteiger partial charge in [0.25, 0.3) is 0 Å². The molecule has 0 aromatic heterocycles. The summed E-state index contributed by atoms with van der Waals surface area (Å²) in [5.41, 5.74) is 0.428. The second-order valence-electron chi connectivity index (χ2n) is 5.03. The van der Waals surface area contributed by atoms with E-state index in [0.717, 1.165) is 4.31 Å². The van der Waals surface area contributed by atoms with Crippen LogP contribution in [-0.4, -0.2) is 48.1 Å². The molecule has 1 fully saturated rings. The van der Waals surface area contributed by atoms with Crippen LogP contribution in [0, 0.1) is 12.8 Å². The molecule has 0 amide bonds. The van der Waals surface area contributed by atoms with E-state index >= 15 is 0 Å². The Morgan fingerprint density at radius 2 is 2.10 bits per heavy atom. The molecule has 1 aliphatic rings. The van der Waals surface area contributed by atoms with Crippen LogP contribution in [0.1, 0.15) is 12.0 Å². The van der Waals surface area contributed by atoms with Gasteiger partial charge in [0.05, 0.1) is 16.9 Å². The Balaban J connectivity index is 2.36. The number of rotatable bonds is 3. The number of nitrogens with zero attached hydrogens (tertiary/aromatic N) is 1. The van der Waals surface area contributed by atoms with Crippen molar-refractivity contribution in [2.45, 2.75) is 24.3 Å². The Morgan fingerprint density at radius 3 is 2.71 bits per heavy atom. The van der Waals surface area contributed by atoms with Crippen molar-refractivity contribution in [2.75, 3.05) is 13.1 Å². The Kier molecular flexibility index (Phi) is 4.57. The lowest BCUT2D eigenvalue weighted by molar-refractivity contribution is -0.147. The van der Waals surface area contributed by atoms with E-state index in [1.807, 2.05) is 0 Å². The molecule has 1 aromatic rings. The molecule has 0 unspecified atom stereocenters. The van der Waals surface area contributed by atoms with E-state index in [4.69, 9.17) is 16.7 Å². The fourth-order valence-corrected chi connectivity index (χ4v) is 4.34. The minimum absolute atomic E-state index is 0.0653. The number of aliphatic carboxylic acids is 1. The minimum Gasteiger partial charge on any atom is -0.481 e. The monoisotopic (exact) mass is 333 g/mol. The molecule has 0 spiro atoms. The zero-order chi connectivity index (χ0) is 15.8. The third-order valence-electron chi connectivity index (χ3n) is 3.69. The third kappa shape index (κ3) is 3.06. The van der Waals surface area contributed by atoms with Crippen LogP contribution in [0.15, 0.2) is 23.1 Å². The molecule has 0 saturated carbocycles. The first-order valence-corrected chi connectivity index (χ1v) is 8.23. The number of aliphatic hydroxyl groups is 1. The Hall–Kier alpha value is -1.15. The molecule has 1 aliphatic heterocycles. The number of hydrogen-bond acceptors (Lipinski definition) is 4. The fourth-order valence-electron chi connectivity index (χ4n) is 2.38. The summed E-state index contributed by atoms with van der Waals surface area (Å²) in [6.07, 6.45) is -0.940. The average Bonchev–Trinajstić information content (AvgIpc) is 2.41. The summed E-state index contributed by atoms with van der Waals surface area (Å²) in [4.78, 5) is 11.2. The summed E-state index contributed by atoms with van der Waals surface area (Å²) in [6.45, 7) is 1.44. The van der Waals surface area contributed by atoms with Gasteiger partial charge in [0, 0.05) is 18.1 Å². The highest BCUT2D eigenvalue weighted by molar-refractivity contribution is 7.89. The van der Waals surface area contributed by atoms with Gasteiger partial charge >= 0.3 is 5.97 Å². The Morgan fingerprint density at radius 1 is 1.43 bits per heavy atom. The topological polar surface area (TPSA) is 94.9 Å². The maximum absolute atomic E-state index is 12.6. The predicted octanol–water partition coefficient (Wildman–Crippen LogP) is 1.10. The van der Waals surface area contributed by atoms with Gasteiger partial charge in [-0.1, -0.05) is 17.7 Å². The van der Waals surface area contributed by atoms with Crippen LogP contribution in [-0.2, 0) is 14.8 Å². The van der Waals surface area contributed by atoms with Crippen LogP contribution >= 0.6 is 11.6 Å². The first-order valence-electron chi connectivity index (χ1n) is 6.41. The number of benzene rings is 1. The van der Waals surface area contributed by atoms with Crippen molar-refractivity contribution in [3.05, 3.63) is 28.8 Å². The number of piperidine rings is 1. The Labute approximate surface area is 128 Å². The van der Waals surface area contributed by atoms with E-state index in [0.29, 0.717) is 10.6 Å². The standard InChI is InChI=1S/C13H16ClNO5S/c1-8-10(14)3-2-4-12(8)21(19,20)15-6-5-11(16)9(7-15)13(17)18/h2-4,9,11,16H,5-7H2,1H3,(H,17,18)/t9-,11-/m0/s1. The second kappa shape index (κ2) is 5.92. The van der Waals surface area contributed by atoms with E-state index in [-0.39, 0.29) is 24.4 Å². The molecule has 1 saturated heterocycles. The molecular formula is C13H16ClNO5S. The van der Waals surface area contributed by atoms with Crippen LogP contribution in [0.25, 0.3) is 0 Å². The van der Waals surface area contributed by atoms with Gasteiger partial charge in [-0.3, -0.25) is 4.79 Å². The number of carbonyl (C=O) groups is 1. The zero-order valence-corrected chi connectivity index (χ0v) is 12.9. The average molecular weight is 334 g/mol. The van der Waals surface area contributed by atoms with Crippen LogP contribution in [0.3, 0.4) is 0 Å². The van der Waals surface area contributed by atoms with E-state index in [9.17, 15) is 18.3 Å². The van der Waals surface area contributed by atoms with Crippen molar-refractivity contribution in [2.24, 2.45) is 5.92 Å². The smallest absolute Gasteiger partial charge is 0.310 e. The number of carboxylic acids is 1. The molecule has 21 heavy (non-hydrogen) atoms. The zero-order valence-electron chi connectivity index (χ0n) is 11.4. The lowest BCUT2D eigenvalue weighted by Crippen LogP contribution is -2.48. The number of hydrogen-bond donors (Lipinski definition) is 2. The van der Waals surface area contributed by atoms with Gasteiger partial charge in [0.2, 0.25) is 10.0 Å². The first kappa shape index (κ1) is 16.2. The highest BCUT2D eigenvalue weighted by atomic mass is 35.5. The van der Waals surface area contributed by atoms with Crippen molar-refractivity contribution in [1.29, 1.82) is 0 Å². The quantitative estimate of drug-likeness (QED) is 0.863. The van der Waals surface area contributed by atoms with Crippen molar-refractivity contribution in [3.63, 3.8) is 0 Å². The van der Waals surface area contributed by atoms with Gasteiger partial charge < -0.3 is 10.2 Å². The third-order valence-corrected chi connectivity index (χ3v) is 6.11. The highest BCUT2D eigenvalue weighted by Crippen LogP contribution is 2.28. The van der Waals surface area contributed by atoms with E-state index in [1.165, 1.54) is 12.1 Å². The van der Waals surface area contributed by atoms with Crippen molar-refractivity contribution >= 4 is 27.6 Å². The number of carboxylic acid groups (broad SMARTS) is 1. The molecule has 0 radical (unpaired) electrons. The number of sulfonamides is 1. The van der Waals surface area contributed by atoms with Crippen LogP contribution < -0.4 is 0 Å². The molecule has 2 N–H and O–H groups in total. The second-order valence-corrected chi connectivity index (χ2v) is 7.34. The van der Waals surface area contributed by atoms with Gasteiger partial charge in [-0.2, -0.15) is 4.31 Å². The Bertz CT molecular complexity index is 661. The molecular weight excluding hydrogens is 318 g/mol. The minimum atomic E-state index is -3.83. The molecule has 8 heteroatoms. The van der Waals surface area contributed by atoms with Crippen LogP contribution in [0.5, 0.6) is 0 Å². The van der Waals surface area contributed by atoms with Gasteiger partial charge in [-0.15, -0.1) is 0 Å². The number of halogens is 1. The van der Waals surface area contributed by atoms with Crippen molar-refractivity contribution in [1.82, 2.24) is 4.31 Å². The first-order chi connectivity index (χ1) is 9.75. The molecule has 0 bridgehead atoms. The lowest BCUT2D eigenvalue weighted by atomic mass is 9.96.